The van der Waals surface area contributed by atoms with Gasteiger partial charge in [0.15, 0.2) is 0 Å². The molecule has 0 saturated carbocycles. The molecule has 49 heavy (non-hydrogen) atoms. The van der Waals surface area contributed by atoms with Gasteiger partial charge in [-0.3, -0.25) is 0 Å². The largest absolute Gasteiger partial charge is 0.303 e. The molecule has 4 rings (SSSR count). The predicted octanol–water partition coefficient (Wildman–Crippen LogP) is 10.7. The Hall–Kier alpha value is -4.11. The number of aldehydes is 3. The van der Waals surface area contributed by atoms with Gasteiger partial charge in [-0.2, -0.15) is 0 Å². The fourth-order valence-electron chi connectivity index (χ4n) is 7.74. The third-order valence-electron chi connectivity index (χ3n) is 11.2. The van der Waals surface area contributed by atoms with Gasteiger partial charge in [0.2, 0.25) is 0 Å². The lowest BCUT2D eigenvalue weighted by atomic mass is 9.67. The topological polar surface area (TPSA) is 51.2 Å². The number of unbranched alkanes of at least 4 members (excludes halogenated alkanes) is 4. The van der Waals surface area contributed by atoms with Crippen LogP contribution >= 0.6 is 0 Å². The van der Waals surface area contributed by atoms with Crippen LogP contribution in [-0.4, -0.2) is 18.9 Å². The zero-order valence-electron chi connectivity index (χ0n) is 29.7. The molecule has 258 valence electrons. The van der Waals surface area contributed by atoms with Crippen LogP contribution in [0.4, 0.5) is 0 Å². The zero-order chi connectivity index (χ0) is 34.8. The molecule has 0 aliphatic carbocycles. The van der Waals surface area contributed by atoms with Crippen LogP contribution in [0.25, 0.3) is 0 Å². The highest BCUT2D eigenvalue weighted by atomic mass is 16.1. The van der Waals surface area contributed by atoms with Gasteiger partial charge < -0.3 is 14.4 Å². The Morgan fingerprint density at radius 2 is 0.796 bits per heavy atom. The van der Waals surface area contributed by atoms with Crippen LogP contribution in [0.1, 0.15) is 100 Å². The van der Waals surface area contributed by atoms with E-state index in [1.807, 2.05) is 48.5 Å². The van der Waals surface area contributed by atoms with Gasteiger partial charge in [-0.15, -0.1) is 0 Å². The molecule has 4 aromatic rings. The van der Waals surface area contributed by atoms with Gasteiger partial charge in [0, 0.05) is 28.6 Å². The van der Waals surface area contributed by atoms with E-state index >= 15 is 0 Å². The summed E-state index contributed by atoms with van der Waals surface area (Å²) in [5.74, 6) is -0.129. The van der Waals surface area contributed by atoms with E-state index in [2.05, 4.69) is 86.6 Å². The quantitative estimate of drug-likeness (QED) is 0.0590. The van der Waals surface area contributed by atoms with Gasteiger partial charge in [0.05, 0.1) is 0 Å². The van der Waals surface area contributed by atoms with E-state index in [4.69, 9.17) is 0 Å². The maximum atomic E-state index is 12.5. The summed E-state index contributed by atoms with van der Waals surface area (Å²) in [6, 6.07) is 41.6. The summed E-state index contributed by atoms with van der Waals surface area (Å²) in [6.45, 7) is 4.50. The van der Waals surface area contributed by atoms with E-state index in [0.29, 0.717) is 0 Å². The number of hydrogen-bond donors (Lipinski definition) is 0. The molecule has 0 bridgehead atoms. The van der Waals surface area contributed by atoms with Crippen LogP contribution in [0, 0.1) is 17.8 Å². The van der Waals surface area contributed by atoms with Gasteiger partial charge in [0.1, 0.15) is 18.9 Å². The number of carbonyl (C=O) groups is 3. The highest BCUT2D eigenvalue weighted by molar-refractivity contribution is 5.59. The standard InChI is InChI=1S/C46H56O3/c1-45(41-27-15-5-16-28-41,43(36-48)33-38-21-9-3-10-22-38)31-19-7-13-25-40(35-47)26-14-8-20-32-46(2,42-29-17-6-18-30-42)44(37-49)34-39-23-11-4-12-24-39/h3-6,9-12,15-18,21-24,27-30,35-37,40,43-44H,7-8,13-14,19-20,25-26,31-34H2,1-2H3. The smallest absolute Gasteiger partial charge is 0.124 e. The monoisotopic (exact) mass is 656 g/mol. The van der Waals surface area contributed by atoms with E-state index in [-0.39, 0.29) is 28.6 Å². The molecule has 4 atom stereocenters. The molecule has 3 nitrogen and oxygen atoms in total. The van der Waals surface area contributed by atoms with Crippen molar-refractivity contribution in [3.05, 3.63) is 144 Å². The van der Waals surface area contributed by atoms with Gasteiger partial charge in [0.25, 0.3) is 0 Å². The molecule has 4 aromatic carbocycles. The summed E-state index contributed by atoms with van der Waals surface area (Å²) in [5.41, 5.74) is 4.32. The van der Waals surface area contributed by atoms with Crippen molar-refractivity contribution in [1.82, 2.24) is 0 Å². The molecule has 0 aliphatic rings. The average Bonchev–Trinajstić information content (AvgIpc) is 3.16. The number of carbonyl (C=O) groups excluding carboxylic acids is 3. The van der Waals surface area contributed by atoms with Crippen molar-refractivity contribution >= 4 is 18.9 Å². The number of hydrogen-bond acceptors (Lipinski definition) is 3. The van der Waals surface area contributed by atoms with Crippen LogP contribution in [0.5, 0.6) is 0 Å². The van der Waals surface area contributed by atoms with Crippen molar-refractivity contribution in [3.8, 4) is 0 Å². The Morgan fingerprint density at radius 1 is 0.449 bits per heavy atom. The molecule has 0 aliphatic heterocycles. The minimum absolute atomic E-state index is 0.0858. The van der Waals surface area contributed by atoms with E-state index in [1.165, 1.54) is 22.3 Å². The highest BCUT2D eigenvalue weighted by Crippen LogP contribution is 2.40. The van der Waals surface area contributed by atoms with Crippen molar-refractivity contribution in [2.75, 3.05) is 0 Å². The molecule has 0 heterocycles. The van der Waals surface area contributed by atoms with E-state index < -0.39 is 0 Å². The van der Waals surface area contributed by atoms with Crippen LogP contribution in [0.3, 0.4) is 0 Å². The van der Waals surface area contributed by atoms with Crippen LogP contribution < -0.4 is 0 Å². The van der Waals surface area contributed by atoms with Gasteiger partial charge in [-0.05, 0) is 60.8 Å². The lowest BCUT2D eigenvalue weighted by Gasteiger charge is -2.36. The first-order chi connectivity index (χ1) is 23.9. The minimum atomic E-state index is -0.249. The molecular formula is C46H56O3. The summed E-state index contributed by atoms with van der Waals surface area (Å²) >= 11 is 0. The normalized spacial score (nSPS) is 15.6. The second-order valence-corrected chi connectivity index (χ2v) is 14.5. The van der Waals surface area contributed by atoms with Crippen molar-refractivity contribution in [3.63, 3.8) is 0 Å². The SMILES string of the molecule is CC(CCCCCC(C=O)CCCCCC(C)(c1ccccc1)C(C=O)Cc1ccccc1)(c1ccccc1)C(C=O)Cc1ccccc1. The Labute approximate surface area is 295 Å². The Morgan fingerprint density at radius 3 is 1.12 bits per heavy atom. The van der Waals surface area contributed by atoms with E-state index in [1.54, 1.807) is 0 Å². The molecule has 3 heteroatoms. The second kappa shape index (κ2) is 19.8. The summed E-state index contributed by atoms with van der Waals surface area (Å²) in [6.07, 6.45) is 14.8. The maximum absolute atomic E-state index is 12.5. The fourth-order valence-corrected chi connectivity index (χ4v) is 7.74. The predicted molar refractivity (Wildman–Crippen MR) is 203 cm³/mol. The third-order valence-corrected chi connectivity index (χ3v) is 11.2. The van der Waals surface area contributed by atoms with Crippen molar-refractivity contribution in [1.29, 1.82) is 0 Å². The lowest BCUT2D eigenvalue weighted by molar-refractivity contribution is -0.113. The van der Waals surface area contributed by atoms with Gasteiger partial charge in [-0.1, -0.05) is 174 Å². The van der Waals surface area contributed by atoms with Crippen LogP contribution in [0.2, 0.25) is 0 Å². The molecular weight excluding hydrogens is 601 g/mol. The molecule has 0 amide bonds. The first kappa shape index (κ1) is 37.7. The van der Waals surface area contributed by atoms with Gasteiger partial charge >= 0.3 is 0 Å². The Bertz CT molecular complexity index is 1390. The van der Waals surface area contributed by atoms with Crippen molar-refractivity contribution < 1.29 is 14.4 Å². The highest BCUT2D eigenvalue weighted by Gasteiger charge is 2.36. The number of benzene rings is 4. The first-order valence-corrected chi connectivity index (χ1v) is 18.5. The summed E-state index contributed by atoms with van der Waals surface area (Å²) < 4.78 is 0. The lowest BCUT2D eigenvalue weighted by Crippen LogP contribution is -2.35. The summed E-state index contributed by atoms with van der Waals surface area (Å²) in [4.78, 5) is 37.0. The molecule has 0 fully saturated rings. The molecule has 0 spiro atoms. The molecule has 0 aromatic heterocycles. The summed E-state index contributed by atoms with van der Waals surface area (Å²) in [7, 11) is 0. The van der Waals surface area contributed by atoms with Gasteiger partial charge in [-0.25, -0.2) is 0 Å². The van der Waals surface area contributed by atoms with Crippen molar-refractivity contribution in [2.24, 2.45) is 17.8 Å². The Kier molecular flexibility index (Phi) is 15.2. The van der Waals surface area contributed by atoms with E-state index in [0.717, 1.165) is 95.9 Å². The average molecular weight is 657 g/mol. The maximum Gasteiger partial charge on any atom is 0.124 e. The van der Waals surface area contributed by atoms with Crippen LogP contribution in [-0.2, 0) is 38.1 Å². The summed E-state index contributed by atoms with van der Waals surface area (Å²) in [5, 5.41) is 0. The Balaban J connectivity index is 1.25. The molecule has 4 unspecified atom stereocenters. The minimum Gasteiger partial charge on any atom is -0.303 e. The zero-order valence-corrected chi connectivity index (χ0v) is 29.7. The third kappa shape index (κ3) is 10.9. The number of rotatable bonds is 23. The first-order valence-electron chi connectivity index (χ1n) is 18.5. The van der Waals surface area contributed by atoms with E-state index in [9.17, 15) is 14.4 Å². The molecule has 0 radical (unpaired) electrons. The molecule has 0 saturated heterocycles. The molecule has 0 N–H and O–H groups in total. The second-order valence-electron chi connectivity index (χ2n) is 14.5. The van der Waals surface area contributed by atoms with Crippen molar-refractivity contribution in [2.45, 2.75) is 102 Å². The fraction of sp³-hybridized carbons (Fsp3) is 0.413. The van der Waals surface area contributed by atoms with Crippen LogP contribution in [0.15, 0.2) is 121 Å².